The molecule has 29 heavy (non-hydrogen) atoms. The van der Waals surface area contributed by atoms with Crippen molar-refractivity contribution in [2.24, 2.45) is 5.92 Å². The molecule has 0 aliphatic rings. The molecule has 0 atom stereocenters. The Hall–Kier alpha value is -2.61. The van der Waals surface area contributed by atoms with E-state index in [1.54, 1.807) is 23.1 Å². The quantitative estimate of drug-likeness (QED) is 0.648. The number of amides is 2. The number of urea groups is 1. The van der Waals surface area contributed by atoms with E-state index in [4.69, 9.17) is 4.18 Å². The predicted octanol–water partition coefficient (Wildman–Crippen LogP) is 4.17. The van der Waals surface area contributed by atoms with Crippen molar-refractivity contribution >= 4 is 16.1 Å². The van der Waals surface area contributed by atoms with Crippen LogP contribution < -0.4 is 9.50 Å². The van der Waals surface area contributed by atoms with Crippen molar-refractivity contribution in [2.45, 2.75) is 45.2 Å². The lowest BCUT2D eigenvalue weighted by atomic mass is 10.1. The first kappa shape index (κ1) is 22.7. The number of carbonyl (C=O) groups excluding carboxylic acids is 1. The van der Waals surface area contributed by atoms with Gasteiger partial charge in [-0.3, -0.25) is 0 Å². The lowest BCUT2D eigenvalue weighted by Crippen LogP contribution is -2.44. The maximum atomic E-state index is 13.1. The smallest absolute Gasteiger partial charge is 0.339 e. The summed E-state index contributed by atoms with van der Waals surface area (Å²) in [4.78, 5) is 14.0. The molecule has 1 N–H and O–H groups in total. The van der Waals surface area contributed by atoms with Crippen LogP contribution in [0.4, 0.5) is 9.18 Å². The Bertz CT molecular complexity index is 928. The van der Waals surface area contributed by atoms with Crippen LogP contribution in [0.25, 0.3) is 0 Å². The summed E-state index contributed by atoms with van der Waals surface area (Å²) in [6.45, 7) is 8.42. The Balaban J connectivity index is 2.28. The summed E-state index contributed by atoms with van der Waals surface area (Å²) < 4.78 is 43.6. The van der Waals surface area contributed by atoms with Crippen LogP contribution in [0.5, 0.6) is 5.75 Å². The second-order valence-electron chi connectivity index (χ2n) is 7.48. The molecule has 2 amide bonds. The highest BCUT2D eigenvalue weighted by Gasteiger charge is 2.22. The molecule has 0 bridgehead atoms. The van der Waals surface area contributed by atoms with Crippen LogP contribution in [0.15, 0.2) is 53.4 Å². The van der Waals surface area contributed by atoms with Crippen molar-refractivity contribution in [3.05, 3.63) is 59.9 Å². The van der Waals surface area contributed by atoms with E-state index in [2.05, 4.69) is 5.32 Å². The number of nitrogens with one attached hydrogen (secondary N) is 1. The number of rotatable bonds is 8. The third-order valence-corrected chi connectivity index (χ3v) is 5.17. The van der Waals surface area contributed by atoms with Crippen molar-refractivity contribution in [3.8, 4) is 5.75 Å². The van der Waals surface area contributed by atoms with Gasteiger partial charge >= 0.3 is 16.1 Å². The molecule has 0 aliphatic carbocycles. The van der Waals surface area contributed by atoms with E-state index >= 15 is 0 Å². The molecule has 158 valence electrons. The fourth-order valence-electron chi connectivity index (χ4n) is 2.69. The maximum absolute atomic E-state index is 13.1. The van der Waals surface area contributed by atoms with Crippen LogP contribution in [0.1, 0.15) is 33.3 Å². The Morgan fingerprint density at radius 2 is 1.69 bits per heavy atom. The topological polar surface area (TPSA) is 75.7 Å². The van der Waals surface area contributed by atoms with Gasteiger partial charge in [-0.15, -0.1) is 0 Å². The molecule has 0 saturated carbocycles. The zero-order valence-electron chi connectivity index (χ0n) is 17.1. The largest absolute Gasteiger partial charge is 0.379 e. The molecule has 2 aromatic rings. The number of carbonyl (C=O) groups is 1. The standard InChI is InChI=1S/C21H27FN2O4S/c1-15(2)13-24(21(25)23-16(3)4)14-17-7-5-6-8-20(17)28-29(26,27)19-11-9-18(22)10-12-19/h5-12,15-16H,13-14H2,1-4H3,(H,23,25). The third-order valence-electron chi connectivity index (χ3n) is 3.92. The number of benzene rings is 2. The molecule has 0 heterocycles. The normalized spacial score (nSPS) is 11.6. The molecule has 2 rings (SSSR count). The van der Waals surface area contributed by atoms with E-state index in [0.29, 0.717) is 12.1 Å². The van der Waals surface area contributed by atoms with Gasteiger partial charge in [0.05, 0.1) is 6.54 Å². The van der Waals surface area contributed by atoms with Gasteiger partial charge < -0.3 is 14.4 Å². The highest BCUT2D eigenvalue weighted by Crippen LogP contribution is 2.25. The molecule has 0 aliphatic heterocycles. The Morgan fingerprint density at radius 1 is 1.07 bits per heavy atom. The minimum atomic E-state index is -4.14. The first-order valence-electron chi connectivity index (χ1n) is 9.42. The van der Waals surface area contributed by atoms with Crippen LogP contribution in [0.2, 0.25) is 0 Å². The van der Waals surface area contributed by atoms with E-state index in [-0.39, 0.29) is 35.2 Å². The summed E-state index contributed by atoms with van der Waals surface area (Å²) in [5.41, 5.74) is 0.553. The monoisotopic (exact) mass is 422 g/mol. The molecule has 0 spiro atoms. The maximum Gasteiger partial charge on any atom is 0.339 e. The van der Waals surface area contributed by atoms with Crippen LogP contribution in [0, 0.1) is 11.7 Å². The summed E-state index contributed by atoms with van der Waals surface area (Å²) in [5.74, 6) is -0.184. The average molecular weight is 423 g/mol. The number of nitrogens with zero attached hydrogens (tertiary/aromatic N) is 1. The molecule has 0 fully saturated rings. The molecular weight excluding hydrogens is 395 g/mol. The molecule has 8 heteroatoms. The van der Waals surface area contributed by atoms with Crippen LogP contribution in [-0.2, 0) is 16.7 Å². The average Bonchev–Trinajstić information content (AvgIpc) is 2.62. The fraction of sp³-hybridized carbons (Fsp3) is 0.381. The van der Waals surface area contributed by atoms with Gasteiger partial charge in [0.1, 0.15) is 16.5 Å². The van der Waals surface area contributed by atoms with Crippen molar-refractivity contribution < 1.29 is 21.8 Å². The molecule has 0 saturated heterocycles. The number of para-hydroxylation sites is 1. The molecule has 2 aromatic carbocycles. The minimum absolute atomic E-state index is 0.0255. The van der Waals surface area contributed by atoms with Crippen LogP contribution in [-0.4, -0.2) is 31.9 Å². The Kier molecular flexibility index (Phi) is 7.61. The molecule has 6 nitrogen and oxygen atoms in total. The van der Waals surface area contributed by atoms with Crippen molar-refractivity contribution in [2.75, 3.05) is 6.54 Å². The molecule has 0 radical (unpaired) electrons. The summed E-state index contributed by atoms with van der Waals surface area (Å²) in [5, 5.41) is 2.86. The molecular formula is C21H27FN2O4S. The third kappa shape index (κ3) is 6.74. The Labute approximate surface area is 171 Å². The first-order valence-corrected chi connectivity index (χ1v) is 10.8. The van der Waals surface area contributed by atoms with Gasteiger partial charge in [-0.25, -0.2) is 9.18 Å². The highest BCUT2D eigenvalue weighted by atomic mass is 32.2. The van der Waals surface area contributed by atoms with E-state index in [0.717, 1.165) is 24.3 Å². The molecule has 0 aromatic heterocycles. The summed E-state index contributed by atoms with van der Waals surface area (Å²) >= 11 is 0. The fourth-order valence-corrected chi connectivity index (χ4v) is 3.65. The van der Waals surface area contributed by atoms with Crippen LogP contribution >= 0.6 is 0 Å². The van der Waals surface area contributed by atoms with Crippen LogP contribution in [0.3, 0.4) is 0 Å². The van der Waals surface area contributed by atoms with Gasteiger partial charge in [0, 0.05) is 18.2 Å². The van der Waals surface area contributed by atoms with E-state index in [1.807, 2.05) is 27.7 Å². The lowest BCUT2D eigenvalue weighted by molar-refractivity contribution is 0.185. The van der Waals surface area contributed by atoms with Gasteiger partial charge in [0.2, 0.25) is 0 Å². The lowest BCUT2D eigenvalue weighted by Gasteiger charge is -2.26. The van der Waals surface area contributed by atoms with E-state index in [1.165, 1.54) is 6.07 Å². The Morgan fingerprint density at radius 3 is 2.28 bits per heavy atom. The summed E-state index contributed by atoms with van der Waals surface area (Å²) in [6, 6.07) is 10.8. The first-order chi connectivity index (χ1) is 13.6. The van der Waals surface area contributed by atoms with Crippen molar-refractivity contribution in [1.29, 1.82) is 0 Å². The van der Waals surface area contributed by atoms with Gasteiger partial charge in [0.25, 0.3) is 0 Å². The second-order valence-corrected chi connectivity index (χ2v) is 9.02. The number of halogens is 1. The summed E-state index contributed by atoms with van der Waals surface area (Å²) in [7, 11) is -4.14. The van der Waals surface area contributed by atoms with Gasteiger partial charge in [0.15, 0.2) is 0 Å². The van der Waals surface area contributed by atoms with E-state index < -0.39 is 15.9 Å². The van der Waals surface area contributed by atoms with Crippen molar-refractivity contribution in [3.63, 3.8) is 0 Å². The summed E-state index contributed by atoms with van der Waals surface area (Å²) in [6.07, 6.45) is 0. The zero-order chi connectivity index (χ0) is 21.6. The van der Waals surface area contributed by atoms with Crippen molar-refractivity contribution in [1.82, 2.24) is 10.2 Å². The van der Waals surface area contributed by atoms with Gasteiger partial charge in [-0.2, -0.15) is 8.42 Å². The molecule has 0 unspecified atom stereocenters. The number of hydrogen-bond acceptors (Lipinski definition) is 4. The number of hydrogen-bond donors (Lipinski definition) is 1. The predicted molar refractivity (Wildman–Crippen MR) is 110 cm³/mol. The second kappa shape index (κ2) is 9.73. The zero-order valence-corrected chi connectivity index (χ0v) is 17.9. The highest BCUT2D eigenvalue weighted by molar-refractivity contribution is 7.87. The van der Waals surface area contributed by atoms with E-state index in [9.17, 15) is 17.6 Å². The minimum Gasteiger partial charge on any atom is -0.379 e. The van der Waals surface area contributed by atoms with Gasteiger partial charge in [-0.1, -0.05) is 32.0 Å². The van der Waals surface area contributed by atoms with Gasteiger partial charge in [-0.05, 0) is 50.1 Å². The SMILES string of the molecule is CC(C)CN(Cc1ccccc1OS(=O)(=O)c1ccc(F)cc1)C(=O)NC(C)C.